The molecule has 1 saturated heterocycles. The summed E-state index contributed by atoms with van der Waals surface area (Å²) in [6.45, 7) is 13.2. The van der Waals surface area contributed by atoms with Gasteiger partial charge in [0.1, 0.15) is 0 Å². The fraction of sp³-hybridized carbons (Fsp3) is 0.290. The zero-order valence-corrected chi connectivity index (χ0v) is 22.8. The van der Waals surface area contributed by atoms with Gasteiger partial charge in [-0.05, 0) is 111 Å². The van der Waals surface area contributed by atoms with Crippen molar-refractivity contribution < 1.29 is 0 Å². The Morgan fingerprint density at radius 3 is 2.39 bits per heavy atom. The van der Waals surface area contributed by atoms with Crippen LogP contribution in [0.4, 0.5) is 5.69 Å². The molecule has 36 heavy (non-hydrogen) atoms. The highest BCUT2D eigenvalue weighted by atomic mass is 32.1. The third-order valence-electron chi connectivity index (χ3n) is 7.58. The Hall–Kier alpha value is -3.44. The minimum atomic E-state index is -0.0585. The van der Waals surface area contributed by atoms with Crippen molar-refractivity contribution >= 4 is 23.0 Å². The van der Waals surface area contributed by atoms with E-state index in [1.54, 1.807) is 0 Å². The van der Waals surface area contributed by atoms with Gasteiger partial charge in [-0.2, -0.15) is 0 Å². The van der Waals surface area contributed by atoms with Crippen molar-refractivity contribution in [2.75, 3.05) is 4.90 Å². The Kier molecular flexibility index (Phi) is 6.44. The number of thiocarbonyl (C=S) groups is 1. The summed E-state index contributed by atoms with van der Waals surface area (Å²) in [5.74, 6) is 0. The van der Waals surface area contributed by atoms with Crippen LogP contribution in [0.2, 0.25) is 0 Å². The maximum Gasteiger partial charge on any atom is 0.174 e. The topological polar surface area (TPSA) is 33.1 Å². The molecule has 0 aliphatic carbocycles. The summed E-state index contributed by atoms with van der Waals surface area (Å²) in [5, 5.41) is 4.35. The summed E-state index contributed by atoms with van der Waals surface area (Å²) >= 11 is 5.97. The van der Waals surface area contributed by atoms with Crippen molar-refractivity contribution in [1.29, 1.82) is 0 Å². The Labute approximate surface area is 220 Å². The molecule has 2 aromatic heterocycles. The van der Waals surface area contributed by atoms with Gasteiger partial charge in [0.25, 0.3) is 0 Å². The molecular formula is C31H34N4S. The number of benzene rings is 2. The van der Waals surface area contributed by atoms with Crippen LogP contribution >= 0.6 is 12.2 Å². The average Bonchev–Trinajstić information content (AvgIpc) is 3.36. The van der Waals surface area contributed by atoms with E-state index >= 15 is 0 Å². The summed E-state index contributed by atoms with van der Waals surface area (Å²) in [4.78, 5) is 7.02. The molecule has 1 N–H and O–H groups in total. The number of rotatable bonds is 5. The lowest BCUT2D eigenvalue weighted by Crippen LogP contribution is -2.29. The molecule has 2 atom stereocenters. The van der Waals surface area contributed by atoms with E-state index in [2.05, 4.69) is 105 Å². The van der Waals surface area contributed by atoms with Crippen LogP contribution in [0.1, 0.15) is 63.9 Å². The molecule has 0 spiro atoms. The summed E-state index contributed by atoms with van der Waals surface area (Å²) in [5.41, 5.74) is 12.3. The highest BCUT2D eigenvalue weighted by Crippen LogP contribution is 2.44. The molecule has 4 nitrogen and oxygen atoms in total. The predicted octanol–water partition coefficient (Wildman–Crippen LogP) is 7.15. The number of anilines is 1. The van der Waals surface area contributed by atoms with Gasteiger partial charge in [-0.25, -0.2) is 0 Å². The number of para-hydroxylation sites is 1. The molecule has 0 saturated carbocycles. The van der Waals surface area contributed by atoms with Crippen molar-refractivity contribution in [3.63, 3.8) is 0 Å². The zero-order valence-electron chi connectivity index (χ0n) is 22.0. The van der Waals surface area contributed by atoms with E-state index in [-0.39, 0.29) is 12.1 Å². The Morgan fingerprint density at radius 2 is 1.69 bits per heavy atom. The van der Waals surface area contributed by atoms with Crippen molar-refractivity contribution in [3.8, 4) is 5.69 Å². The van der Waals surface area contributed by atoms with E-state index in [0.717, 1.165) is 22.9 Å². The molecule has 1 aliphatic rings. The lowest BCUT2D eigenvalue weighted by atomic mass is 9.96. The first-order valence-corrected chi connectivity index (χ1v) is 13.1. The van der Waals surface area contributed by atoms with E-state index < -0.39 is 0 Å². The molecule has 5 heteroatoms. The van der Waals surface area contributed by atoms with Crippen LogP contribution in [0.5, 0.6) is 0 Å². The molecule has 3 heterocycles. The van der Waals surface area contributed by atoms with Gasteiger partial charge in [0.2, 0.25) is 0 Å². The van der Waals surface area contributed by atoms with Crippen molar-refractivity contribution in [2.24, 2.45) is 0 Å². The Morgan fingerprint density at radius 1 is 0.889 bits per heavy atom. The zero-order chi connectivity index (χ0) is 25.6. The second-order valence-corrected chi connectivity index (χ2v) is 10.2. The van der Waals surface area contributed by atoms with Crippen LogP contribution in [0.25, 0.3) is 5.69 Å². The van der Waals surface area contributed by atoms with E-state index in [1.165, 1.54) is 44.9 Å². The van der Waals surface area contributed by atoms with E-state index in [9.17, 15) is 0 Å². The normalized spacial score (nSPS) is 17.5. The second-order valence-electron chi connectivity index (χ2n) is 9.86. The molecule has 4 aromatic rings. The molecule has 0 radical (unpaired) electrons. The number of aryl methyl sites for hydroxylation is 5. The Balaban J connectivity index is 1.72. The number of hydrogen-bond donors (Lipinski definition) is 1. The summed E-state index contributed by atoms with van der Waals surface area (Å²) in [7, 11) is 0. The number of nitrogens with zero attached hydrogens (tertiary/aromatic N) is 3. The van der Waals surface area contributed by atoms with Crippen molar-refractivity contribution in [2.45, 2.75) is 60.0 Å². The third kappa shape index (κ3) is 4.01. The predicted molar refractivity (Wildman–Crippen MR) is 153 cm³/mol. The summed E-state index contributed by atoms with van der Waals surface area (Å²) in [6.07, 6.45) is 2.85. The lowest BCUT2D eigenvalue weighted by molar-refractivity contribution is 0.565. The quantitative estimate of drug-likeness (QED) is 0.299. The lowest BCUT2D eigenvalue weighted by Gasteiger charge is -2.29. The van der Waals surface area contributed by atoms with Gasteiger partial charge >= 0.3 is 0 Å². The number of hydrogen-bond acceptors (Lipinski definition) is 2. The first kappa shape index (κ1) is 24.3. The number of pyridine rings is 1. The molecular weight excluding hydrogens is 460 g/mol. The second kappa shape index (κ2) is 9.55. The third-order valence-corrected chi connectivity index (χ3v) is 7.90. The minimum absolute atomic E-state index is 0.0245. The fourth-order valence-corrected chi connectivity index (χ4v) is 5.93. The smallest absolute Gasteiger partial charge is 0.174 e. The van der Waals surface area contributed by atoms with Crippen LogP contribution in [0.15, 0.2) is 66.9 Å². The SMILES string of the molecule is CCc1cccc(C)c1-n1c(C)cc([C@H]2[C@@H](c3ccccn3)NC(=S)N2c2ccc(C)c(C)c2)c1C. The molecule has 0 amide bonds. The maximum atomic E-state index is 5.97. The highest BCUT2D eigenvalue weighted by Gasteiger charge is 2.42. The minimum Gasteiger partial charge on any atom is -0.351 e. The molecule has 184 valence electrons. The van der Waals surface area contributed by atoms with E-state index in [4.69, 9.17) is 17.2 Å². The van der Waals surface area contributed by atoms with Gasteiger partial charge in [-0.3, -0.25) is 4.98 Å². The largest absolute Gasteiger partial charge is 0.351 e. The monoisotopic (exact) mass is 494 g/mol. The van der Waals surface area contributed by atoms with Crippen molar-refractivity contribution in [3.05, 3.63) is 112 Å². The van der Waals surface area contributed by atoms with Crippen LogP contribution in [-0.4, -0.2) is 14.7 Å². The average molecular weight is 495 g/mol. The van der Waals surface area contributed by atoms with Gasteiger partial charge in [-0.15, -0.1) is 0 Å². The molecule has 1 fully saturated rings. The fourth-order valence-electron chi connectivity index (χ4n) is 5.58. The molecule has 1 aliphatic heterocycles. The number of nitrogens with one attached hydrogen (secondary N) is 1. The maximum absolute atomic E-state index is 5.97. The van der Waals surface area contributed by atoms with E-state index in [0.29, 0.717) is 0 Å². The molecule has 0 unspecified atom stereocenters. The van der Waals surface area contributed by atoms with Gasteiger partial charge in [-0.1, -0.05) is 37.3 Å². The first-order chi connectivity index (χ1) is 17.3. The first-order valence-electron chi connectivity index (χ1n) is 12.7. The Bertz CT molecular complexity index is 1440. The van der Waals surface area contributed by atoms with Gasteiger partial charge in [0.15, 0.2) is 5.11 Å². The summed E-state index contributed by atoms with van der Waals surface area (Å²) in [6, 6.07) is 21.6. The molecule has 5 rings (SSSR count). The van der Waals surface area contributed by atoms with Gasteiger partial charge in [0, 0.05) is 23.3 Å². The summed E-state index contributed by atoms with van der Waals surface area (Å²) < 4.78 is 2.43. The van der Waals surface area contributed by atoms with Gasteiger partial charge in [0.05, 0.1) is 23.5 Å². The standard InChI is InChI=1S/C31H34N4S/c1-7-24-12-10-11-20(3)29(24)34-22(5)18-26(23(34)6)30-28(27-13-8-9-16-32-27)33-31(36)35(30)25-15-14-19(2)21(4)17-25/h8-18,28,30H,7H2,1-6H3,(H,33,36)/t28-,30+/m1/s1. The van der Waals surface area contributed by atoms with Crippen molar-refractivity contribution in [1.82, 2.24) is 14.9 Å². The van der Waals surface area contributed by atoms with E-state index in [1.807, 2.05) is 18.3 Å². The van der Waals surface area contributed by atoms with Crippen LogP contribution in [0, 0.1) is 34.6 Å². The molecule has 0 bridgehead atoms. The number of aromatic nitrogens is 2. The molecule has 2 aromatic carbocycles. The van der Waals surface area contributed by atoms with Crippen LogP contribution < -0.4 is 10.2 Å². The highest BCUT2D eigenvalue weighted by molar-refractivity contribution is 7.80. The van der Waals surface area contributed by atoms with Gasteiger partial charge < -0.3 is 14.8 Å². The van der Waals surface area contributed by atoms with Crippen LogP contribution in [0.3, 0.4) is 0 Å². The van der Waals surface area contributed by atoms with Crippen LogP contribution in [-0.2, 0) is 6.42 Å².